The van der Waals surface area contributed by atoms with E-state index in [1.165, 1.54) is 6.07 Å². The van der Waals surface area contributed by atoms with E-state index in [2.05, 4.69) is 15.0 Å². The van der Waals surface area contributed by atoms with Crippen LogP contribution in [0.1, 0.15) is 57.3 Å². The van der Waals surface area contributed by atoms with Gasteiger partial charge in [-0.05, 0) is 37.8 Å². The van der Waals surface area contributed by atoms with Gasteiger partial charge in [-0.15, -0.1) is 0 Å². The summed E-state index contributed by atoms with van der Waals surface area (Å²) in [6.07, 6.45) is 2.32. The minimum Gasteiger partial charge on any atom is -0.491 e. The maximum atomic E-state index is 14.5. The van der Waals surface area contributed by atoms with Crippen LogP contribution < -0.4 is 9.64 Å². The van der Waals surface area contributed by atoms with Gasteiger partial charge in [-0.1, -0.05) is 25.1 Å². The number of β-amino-alcohol motifs (C(OH)–C–C–N with tert-alkyl or cyclic N) is 1. The van der Waals surface area contributed by atoms with E-state index in [1.54, 1.807) is 24.0 Å². The Labute approximate surface area is 205 Å². The first-order valence-electron chi connectivity index (χ1n) is 12.3. The van der Waals surface area contributed by atoms with Crippen LogP contribution in [0.5, 0.6) is 5.75 Å². The van der Waals surface area contributed by atoms with E-state index in [4.69, 9.17) is 14.0 Å². The third-order valence-corrected chi connectivity index (χ3v) is 6.54. The molecule has 2 saturated heterocycles. The van der Waals surface area contributed by atoms with E-state index >= 15 is 0 Å². The number of rotatable bonds is 9. The van der Waals surface area contributed by atoms with Gasteiger partial charge in [0.1, 0.15) is 18.2 Å². The lowest BCUT2D eigenvalue weighted by Crippen LogP contribution is -2.37. The molecule has 1 N–H and O–H groups in total. The molecule has 2 aliphatic heterocycles. The Morgan fingerprint density at radius 2 is 2.06 bits per heavy atom. The van der Waals surface area contributed by atoms with E-state index in [-0.39, 0.29) is 30.9 Å². The van der Waals surface area contributed by atoms with Crippen molar-refractivity contribution in [3.8, 4) is 5.75 Å². The van der Waals surface area contributed by atoms with Crippen molar-refractivity contribution >= 4 is 11.9 Å². The van der Waals surface area contributed by atoms with Crippen LogP contribution in [-0.2, 0) is 16.0 Å². The summed E-state index contributed by atoms with van der Waals surface area (Å²) in [6.45, 7) is 8.82. The molecule has 1 amide bonds. The number of amides is 1. The van der Waals surface area contributed by atoms with Crippen LogP contribution in [0.25, 0.3) is 0 Å². The van der Waals surface area contributed by atoms with E-state index < -0.39 is 11.4 Å². The number of likely N-dealkylation sites (tertiary alicyclic amines) is 1. The SMILES string of the molecule is CC(C)c1noc(N2CCC(OCCOc3ccc(CC(=O)N4CCC(C)(O)C4)c(F)c3)CC2)n1. The Kier molecular flexibility index (Phi) is 7.91. The molecule has 1 unspecified atom stereocenters. The molecule has 1 aromatic heterocycles. The Morgan fingerprint density at radius 3 is 2.69 bits per heavy atom. The highest BCUT2D eigenvalue weighted by atomic mass is 19.1. The predicted octanol–water partition coefficient (Wildman–Crippen LogP) is 2.92. The van der Waals surface area contributed by atoms with Gasteiger partial charge in [-0.25, -0.2) is 4.39 Å². The van der Waals surface area contributed by atoms with Crippen LogP contribution in [0.3, 0.4) is 0 Å². The smallest absolute Gasteiger partial charge is 0.324 e. The Bertz CT molecular complexity index is 1000. The number of piperidine rings is 1. The van der Waals surface area contributed by atoms with E-state index in [9.17, 15) is 14.3 Å². The number of carbonyl (C=O) groups is 1. The van der Waals surface area contributed by atoms with Crippen LogP contribution in [0, 0.1) is 5.82 Å². The first-order chi connectivity index (χ1) is 16.7. The number of carbonyl (C=O) groups excluding carboxylic acids is 1. The van der Waals surface area contributed by atoms with Gasteiger partial charge in [0.05, 0.1) is 24.7 Å². The molecular formula is C25H35FN4O5. The molecule has 1 aromatic carbocycles. The van der Waals surface area contributed by atoms with Gasteiger partial charge in [0.15, 0.2) is 5.82 Å². The number of benzene rings is 1. The first-order valence-corrected chi connectivity index (χ1v) is 12.3. The molecule has 2 aromatic rings. The van der Waals surface area contributed by atoms with E-state index in [0.29, 0.717) is 49.3 Å². The number of halogens is 1. The molecule has 4 rings (SSSR count). The first kappa shape index (κ1) is 25.4. The number of ether oxygens (including phenoxy) is 2. The monoisotopic (exact) mass is 490 g/mol. The molecule has 2 fully saturated rings. The zero-order valence-electron chi connectivity index (χ0n) is 20.7. The van der Waals surface area contributed by atoms with Crippen LogP contribution in [0.15, 0.2) is 22.7 Å². The summed E-state index contributed by atoms with van der Waals surface area (Å²) in [5.74, 6) is 0.686. The summed E-state index contributed by atoms with van der Waals surface area (Å²) >= 11 is 0. The summed E-state index contributed by atoms with van der Waals surface area (Å²) in [5, 5.41) is 14.0. The fourth-order valence-electron chi connectivity index (χ4n) is 4.37. The largest absolute Gasteiger partial charge is 0.491 e. The highest BCUT2D eigenvalue weighted by Crippen LogP contribution is 2.24. The summed E-state index contributed by atoms with van der Waals surface area (Å²) in [6, 6.07) is 5.11. The summed E-state index contributed by atoms with van der Waals surface area (Å²) in [5.41, 5.74) is -0.546. The van der Waals surface area contributed by atoms with Crippen LogP contribution in [-0.4, -0.2) is 77.2 Å². The van der Waals surface area contributed by atoms with Gasteiger partial charge in [0.2, 0.25) is 5.91 Å². The van der Waals surface area contributed by atoms with E-state index in [0.717, 1.165) is 25.9 Å². The standard InChI is InChI=1S/C25H35FN4O5/c1-17(2)23-27-24(35-28-23)29-9-6-19(7-10-29)33-12-13-34-20-5-4-18(21(26)15-20)14-22(31)30-11-8-25(3,32)16-30/h4-5,15,17,19,32H,6-14,16H2,1-3H3. The average molecular weight is 491 g/mol. The normalized spacial score (nSPS) is 21.2. The quantitative estimate of drug-likeness (QED) is 0.536. The van der Waals surface area contributed by atoms with Crippen molar-refractivity contribution < 1.29 is 28.3 Å². The van der Waals surface area contributed by atoms with Gasteiger partial charge >= 0.3 is 6.01 Å². The molecule has 0 saturated carbocycles. The number of aromatic nitrogens is 2. The molecule has 0 radical (unpaired) electrons. The lowest BCUT2D eigenvalue weighted by atomic mass is 10.1. The van der Waals surface area contributed by atoms with Gasteiger partial charge in [-0.2, -0.15) is 4.98 Å². The highest BCUT2D eigenvalue weighted by molar-refractivity contribution is 5.79. The highest BCUT2D eigenvalue weighted by Gasteiger charge is 2.34. The topological polar surface area (TPSA) is 101 Å². The van der Waals surface area contributed by atoms with Crippen molar-refractivity contribution in [3.63, 3.8) is 0 Å². The third-order valence-electron chi connectivity index (χ3n) is 6.54. The van der Waals surface area contributed by atoms with Crippen molar-refractivity contribution in [1.29, 1.82) is 0 Å². The molecule has 35 heavy (non-hydrogen) atoms. The molecular weight excluding hydrogens is 455 g/mol. The van der Waals surface area contributed by atoms with Crippen LogP contribution >= 0.6 is 0 Å². The average Bonchev–Trinajstić information content (AvgIpc) is 3.46. The molecule has 0 bridgehead atoms. The molecule has 0 spiro atoms. The second-order valence-electron chi connectivity index (χ2n) is 9.99. The van der Waals surface area contributed by atoms with Crippen molar-refractivity contribution in [2.45, 2.75) is 64.1 Å². The number of hydrogen-bond donors (Lipinski definition) is 1. The molecule has 10 heteroatoms. The zero-order chi connectivity index (χ0) is 25.0. The summed E-state index contributed by atoms with van der Waals surface area (Å²) in [4.78, 5) is 20.5. The Hall–Kier alpha value is -2.72. The number of aliphatic hydroxyl groups is 1. The second kappa shape index (κ2) is 10.9. The van der Waals surface area contributed by atoms with Crippen LogP contribution in [0.4, 0.5) is 10.4 Å². The fourth-order valence-corrected chi connectivity index (χ4v) is 4.37. The predicted molar refractivity (Wildman–Crippen MR) is 127 cm³/mol. The van der Waals surface area contributed by atoms with Crippen LogP contribution in [0.2, 0.25) is 0 Å². The van der Waals surface area contributed by atoms with Gasteiger partial charge in [0, 0.05) is 38.2 Å². The van der Waals surface area contributed by atoms with Crippen molar-refractivity contribution in [1.82, 2.24) is 15.0 Å². The lowest BCUT2D eigenvalue weighted by molar-refractivity contribution is -0.130. The molecule has 2 aliphatic rings. The van der Waals surface area contributed by atoms with Crippen molar-refractivity contribution in [2.75, 3.05) is 44.3 Å². The summed E-state index contributed by atoms with van der Waals surface area (Å²) < 4.78 is 31.5. The maximum absolute atomic E-state index is 14.5. The number of hydrogen-bond acceptors (Lipinski definition) is 8. The van der Waals surface area contributed by atoms with E-state index in [1.807, 2.05) is 13.8 Å². The number of nitrogens with zero attached hydrogens (tertiary/aromatic N) is 4. The Morgan fingerprint density at radius 1 is 1.29 bits per heavy atom. The molecule has 192 valence electrons. The van der Waals surface area contributed by atoms with Gasteiger partial charge < -0.3 is 28.9 Å². The molecule has 9 nitrogen and oxygen atoms in total. The molecule has 1 atom stereocenters. The minimum atomic E-state index is -0.864. The molecule has 3 heterocycles. The minimum absolute atomic E-state index is 0.0353. The van der Waals surface area contributed by atoms with Crippen molar-refractivity contribution in [2.24, 2.45) is 0 Å². The zero-order valence-corrected chi connectivity index (χ0v) is 20.7. The van der Waals surface area contributed by atoms with Crippen molar-refractivity contribution in [3.05, 3.63) is 35.4 Å². The lowest BCUT2D eigenvalue weighted by Gasteiger charge is -2.30. The molecule has 0 aliphatic carbocycles. The number of anilines is 1. The van der Waals surface area contributed by atoms with Gasteiger partial charge in [-0.3, -0.25) is 4.79 Å². The second-order valence-corrected chi connectivity index (χ2v) is 9.99. The Balaban J connectivity index is 1.15. The van der Waals surface area contributed by atoms with Gasteiger partial charge in [0.25, 0.3) is 0 Å². The fraction of sp³-hybridized carbons (Fsp3) is 0.640. The third kappa shape index (κ3) is 6.70. The maximum Gasteiger partial charge on any atom is 0.324 e. The summed E-state index contributed by atoms with van der Waals surface area (Å²) in [7, 11) is 0.